The van der Waals surface area contributed by atoms with Crippen LogP contribution in [0.2, 0.25) is 0 Å². The molecule has 1 atom stereocenters. The van der Waals surface area contributed by atoms with Gasteiger partial charge in [-0.05, 0) is 44.0 Å². The molecule has 2 aromatic rings. The molecule has 0 saturated heterocycles. The molecule has 0 radical (unpaired) electrons. The minimum atomic E-state index is -3.22. The van der Waals surface area contributed by atoms with Crippen molar-refractivity contribution in [2.45, 2.75) is 39.3 Å². The highest BCUT2D eigenvalue weighted by Crippen LogP contribution is 2.46. The predicted molar refractivity (Wildman–Crippen MR) is 114 cm³/mol. The lowest BCUT2D eigenvalue weighted by Gasteiger charge is -2.31. The lowest BCUT2D eigenvalue weighted by Crippen LogP contribution is -2.40. The fraction of sp³-hybridized carbons (Fsp3) is 0.364. The van der Waals surface area contributed by atoms with Crippen molar-refractivity contribution < 1.29 is 18.6 Å². The smallest absolute Gasteiger partial charge is 0.410 e. The highest BCUT2D eigenvalue weighted by Gasteiger charge is 2.29. The highest BCUT2D eigenvalue weighted by atomic mass is 31.2. The Morgan fingerprint density at radius 3 is 2.55 bits per heavy atom. The number of fused-ring (bicyclic) bond motifs is 1. The third kappa shape index (κ3) is 5.34. The normalized spacial score (nSPS) is 16.3. The molecule has 1 aliphatic rings. The van der Waals surface area contributed by atoms with Crippen LogP contribution in [0.15, 0.2) is 48.3 Å². The van der Waals surface area contributed by atoms with E-state index in [0.29, 0.717) is 24.9 Å². The van der Waals surface area contributed by atoms with Crippen molar-refractivity contribution in [1.29, 1.82) is 0 Å². The zero-order chi connectivity index (χ0) is 21.1. The van der Waals surface area contributed by atoms with Crippen molar-refractivity contribution >= 4 is 25.0 Å². The maximum Gasteiger partial charge on any atom is 0.410 e. The molecule has 1 aliphatic heterocycles. The van der Waals surface area contributed by atoms with Crippen molar-refractivity contribution in [3.05, 3.63) is 65.1 Å². The summed E-state index contributed by atoms with van der Waals surface area (Å²) < 4.78 is 24.1. The Hall–Kier alpha value is -2.43. The summed E-state index contributed by atoms with van der Waals surface area (Å²) in [5.41, 5.74) is 2.59. The van der Waals surface area contributed by atoms with Crippen molar-refractivity contribution in [2.24, 2.45) is 0 Å². The summed E-state index contributed by atoms with van der Waals surface area (Å²) in [7, 11) is -1.79. The van der Waals surface area contributed by atoms with Gasteiger partial charge < -0.3 is 14.2 Å². The second kappa shape index (κ2) is 8.52. The molecule has 0 saturated carbocycles. The van der Waals surface area contributed by atoms with Gasteiger partial charge in [-0.25, -0.2) is 9.78 Å². The van der Waals surface area contributed by atoms with E-state index < -0.39 is 13.0 Å². The molecule has 154 valence electrons. The van der Waals surface area contributed by atoms with Crippen LogP contribution in [-0.2, 0) is 26.8 Å². The summed E-state index contributed by atoms with van der Waals surface area (Å²) in [6.07, 6.45) is 2.03. The summed E-state index contributed by atoms with van der Waals surface area (Å²) in [4.78, 5) is 18.6. The number of carbonyl (C=O) groups excluding carboxylic acids is 1. The zero-order valence-corrected chi connectivity index (χ0v) is 18.2. The van der Waals surface area contributed by atoms with Crippen LogP contribution in [-0.4, -0.2) is 35.2 Å². The van der Waals surface area contributed by atoms with E-state index in [-0.39, 0.29) is 6.09 Å². The third-order valence-corrected chi connectivity index (χ3v) is 6.51. The monoisotopic (exact) mass is 414 g/mol. The van der Waals surface area contributed by atoms with Crippen molar-refractivity contribution in [1.82, 2.24) is 9.88 Å². The number of hydrogen-bond donors (Lipinski definition) is 0. The lowest BCUT2D eigenvalue weighted by molar-refractivity contribution is 0.0223. The largest absolute Gasteiger partial charge is 0.444 e. The van der Waals surface area contributed by atoms with Crippen LogP contribution < -0.4 is 5.44 Å². The molecule has 3 rings (SSSR count). The first-order valence-electron chi connectivity index (χ1n) is 9.57. The number of rotatable bonds is 4. The van der Waals surface area contributed by atoms with E-state index in [9.17, 15) is 9.36 Å². The highest BCUT2D eigenvalue weighted by molar-refractivity contribution is 7.69. The Labute approximate surface area is 172 Å². The molecule has 0 fully saturated rings. The van der Waals surface area contributed by atoms with Gasteiger partial charge >= 0.3 is 6.09 Å². The Bertz CT molecular complexity index is 951. The first-order valence-corrected chi connectivity index (χ1v) is 11.3. The topological polar surface area (TPSA) is 68.7 Å². The molecule has 1 unspecified atom stereocenters. The number of ether oxygens (including phenoxy) is 1. The number of amides is 1. The molecular formula is C22H27N2O4P. The molecule has 0 aliphatic carbocycles. The fourth-order valence-electron chi connectivity index (χ4n) is 3.04. The number of pyridine rings is 1. The second-order valence-corrected chi connectivity index (χ2v) is 10.2. The van der Waals surface area contributed by atoms with E-state index >= 15 is 0 Å². The molecule has 6 nitrogen and oxygen atoms in total. The Kier molecular flexibility index (Phi) is 6.25. The van der Waals surface area contributed by atoms with Crippen molar-refractivity contribution in [2.75, 3.05) is 13.7 Å². The van der Waals surface area contributed by atoms with E-state index in [1.165, 1.54) is 7.11 Å². The first-order chi connectivity index (χ1) is 13.7. The van der Waals surface area contributed by atoms with Gasteiger partial charge in [-0.1, -0.05) is 36.4 Å². The van der Waals surface area contributed by atoms with E-state index in [1.807, 2.05) is 57.2 Å². The van der Waals surface area contributed by atoms with Gasteiger partial charge in [0.05, 0.1) is 6.54 Å². The van der Waals surface area contributed by atoms with Gasteiger partial charge in [0, 0.05) is 31.6 Å². The van der Waals surface area contributed by atoms with Crippen LogP contribution >= 0.6 is 7.37 Å². The molecular weight excluding hydrogens is 387 g/mol. The number of carbonyl (C=O) groups is 1. The fourth-order valence-corrected chi connectivity index (χ4v) is 4.41. The molecule has 2 heterocycles. The molecule has 0 N–H and O–H groups in total. The predicted octanol–water partition coefficient (Wildman–Crippen LogP) is 4.60. The summed E-state index contributed by atoms with van der Waals surface area (Å²) in [6, 6.07) is 13.2. The average Bonchev–Trinajstić information content (AvgIpc) is 2.70. The summed E-state index contributed by atoms with van der Waals surface area (Å²) in [5.74, 6) is 1.59. The maximum absolute atomic E-state index is 13.3. The standard InChI is InChI=1S/C22H27N2O4P/c1-22(2,3)28-21(25)24-14-12-19-18(16-24)10-11-20(23-19)29(26,27-4)15-13-17-8-6-5-7-9-17/h5-11,13,15H,12,14,16H2,1-4H3. The van der Waals surface area contributed by atoms with Gasteiger partial charge in [-0.15, -0.1) is 0 Å². The molecule has 1 aromatic heterocycles. The van der Waals surface area contributed by atoms with Crippen molar-refractivity contribution in [3.8, 4) is 0 Å². The third-order valence-electron chi connectivity index (χ3n) is 4.54. The van der Waals surface area contributed by atoms with E-state index in [2.05, 4.69) is 4.98 Å². The van der Waals surface area contributed by atoms with Crippen LogP contribution in [0.1, 0.15) is 37.6 Å². The molecule has 7 heteroatoms. The van der Waals surface area contributed by atoms with Gasteiger partial charge in [-0.2, -0.15) is 0 Å². The SMILES string of the molecule is COP(=O)(C=Cc1ccccc1)c1ccc2c(n1)CCN(C(=O)OC(C)(C)C)C2. The summed E-state index contributed by atoms with van der Waals surface area (Å²) >= 11 is 0. The first kappa shape index (κ1) is 21.3. The van der Waals surface area contributed by atoms with Gasteiger partial charge in [-0.3, -0.25) is 4.57 Å². The second-order valence-electron chi connectivity index (χ2n) is 7.93. The van der Waals surface area contributed by atoms with Crippen LogP contribution in [0.4, 0.5) is 4.79 Å². The minimum absolute atomic E-state index is 0.333. The van der Waals surface area contributed by atoms with E-state index in [0.717, 1.165) is 16.8 Å². The lowest BCUT2D eigenvalue weighted by atomic mass is 10.1. The van der Waals surface area contributed by atoms with Crippen LogP contribution in [0, 0.1) is 0 Å². The Morgan fingerprint density at radius 2 is 1.90 bits per heavy atom. The number of aromatic nitrogens is 1. The average molecular weight is 414 g/mol. The minimum Gasteiger partial charge on any atom is -0.444 e. The Morgan fingerprint density at radius 1 is 1.17 bits per heavy atom. The van der Waals surface area contributed by atoms with Crippen LogP contribution in [0.5, 0.6) is 0 Å². The van der Waals surface area contributed by atoms with Crippen molar-refractivity contribution in [3.63, 3.8) is 0 Å². The number of nitrogens with zero attached hydrogens (tertiary/aromatic N) is 2. The van der Waals surface area contributed by atoms with Gasteiger partial charge in [0.25, 0.3) is 7.37 Å². The molecule has 1 aromatic carbocycles. The summed E-state index contributed by atoms with van der Waals surface area (Å²) in [6.45, 7) is 6.48. The van der Waals surface area contributed by atoms with E-state index in [4.69, 9.17) is 9.26 Å². The van der Waals surface area contributed by atoms with Gasteiger partial charge in [0.1, 0.15) is 11.0 Å². The molecule has 29 heavy (non-hydrogen) atoms. The number of hydrogen-bond acceptors (Lipinski definition) is 5. The van der Waals surface area contributed by atoms with Crippen LogP contribution in [0.25, 0.3) is 6.08 Å². The molecule has 0 bridgehead atoms. The maximum atomic E-state index is 13.3. The van der Waals surface area contributed by atoms with Gasteiger partial charge in [0.15, 0.2) is 0 Å². The van der Waals surface area contributed by atoms with Crippen LogP contribution in [0.3, 0.4) is 0 Å². The zero-order valence-electron chi connectivity index (χ0n) is 17.3. The van der Waals surface area contributed by atoms with Gasteiger partial charge in [0.2, 0.25) is 0 Å². The molecule has 1 amide bonds. The summed E-state index contributed by atoms with van der Waals surface area (Å²) in [5, 5.41) is 0. The van der Waals surface area contributed by atoms with E-state index in [1.54, 1.807) is 22.9 Å². The molecule has 0 spiro atoms. The number of benzene rings is 1. The quantitative estimate of drug-likeness (QED) is 0.684. The Balaban J connectivity index is 1.79.